The van der Waals surface area contributed by atoms with Crippen molar-refractivity contribution in [1.29, 1.82) is 0 Å². The molecule has 0 aliphatic carbocycles. The maximum absolute atomic E-state index is 5.90. The Bertz CT molecular complexity index is 737. The first kappa shape index (κ1) is 27.1. The van der Waals surface area contributed by atoms with Crippen LogP contribution in [0, 0.1) is 0 Å². The Balaban J connectivity index is 1.61. The molecule has 0 aliphatic rings. The third-order valence-electron chi connectivity index (χ3n) is 6.06. The lowest BCUT2D eigenvalue weighted by atomic mass is 10.1. The number of aryl methyl sites for hydroxylation is 1. The fourth-order valence-electron chi connectivity index (χ4n) is 3.92. The summed E-state index contributed by atoms with van der Waals surface area (Å²) in [6.45, 7) is 5.29. The molecule has 0 saturated carbocycles. The van der Waals surface area contributed by atoms with E-state index in [9.17, 15) is 0 Å². The van der Waals surface area contributed by atoms with Gasteiger partial charge in [0, 0.05) is 18.0 Å². The Labute approximate surface area is 203 Å². The van der Waals surface area contributed by atoms with Crippen LogP contribution >= 0.6 is 0 Å². The quantitative estimate of drug-likeness (QED) is 0.158. The number of aromatic nitrogens is 2. The van der Waals surface area contributed by atoms with E-state index in [0.29, 0.717) is 0 Å². The summed E-state index contributed by atoms with van der Waals surface area (Å²) in [6, 6.07) is 8.16. The molecular weight excluding hydrogens is 404 g/mol. The number of unbranched alkanes of at least 4 members (excludes halogenated alkanes) is 11. The second-order valence-corrected chi connectivity index (χ2v) is 9.12. The van der Waals surface area contributed by atoms with Gasteiger partial charge in [0.2, 0.25) is 0 Å². The van der Waals surface area contributed by atoms with Crippen LogP contribution in [0.1, 0.15) is 109 Å². The molecule has 2 rings (SSSR count). The lowest BCUT2D eigenvalue weighted by Gasteiger charge is -2.07. The Morgan fingerprint density at radius 2 is 1.24 bits per heavy atom. The highest BCUT2D eigenvalue weighted by atomic mass is 16.5. The molecule has 0 fully saturated rings. The molecule has 0 saturated heterocycles. The van der Waals surface area contributed by atoms with Gasteiger partial charge in [0.05, 0.1) is 6.61 Å². The first-order chi connectivity index (χ1) is 16.3. The molecule has 0 aliphatic heterocycles. The van der Waals surface area contributed by atoms with Crippen LogP contribution in [0.3, 0.4) is 0 Å². The molecule has 182 valence electrons. The Hall–Kier alpha value is -2.16. The molecule has 0 amide bonds. The number of nitrogens with zero attached hydrogens (tertiary/aromatic N) is 2. The van der Waals surface area contributed by atoms with Gasteiger partial charge in [0.25, 0.3) is 0 Å². The summed E-state index contributed by atoms with van der Waals surface area (Å²) in [6.07, 6.45) is 27.7. The highest BCUT2D eigenvalue weighted by molar-refractivity contribution is 5.55. The van der Waals surface area contributed by atoms with Gasteiger partial charge >= 0.3 is 0 Å². The molecule has 33 heavy (non-hydrogen) atoms. The van der Waals surface area contributed by atoms with Crippen LogP contribution in [0.4, 0.5) is 0 Å². The van der Waals surface area contributed by atoms with E-state index >= 15 is 0 Å². The summed E-state index contributed by atoms with van der Waals surface area (Å²) in [5.74, 6) is 1.71. The van der Waals surface area contributed by atoms with E-state index in [2.05, 4.69) is 48.1 Å². The Kier molecular flexibility index (Phi) is 15.0. The minimum absolute atomic E-state index is 0.771. The third kappa shape index (κ3) is 12.6. The zero-order chi connectivity index (χ0) is 23.4. The molecule has 3 heteroatoms. The summed E-state index contributed by atoms with van der Waals surface area (Å²) in [5, 5.41) is 0. The molecule has 0 radical (unpaired) electrons. The summed E-state index contributed by atoms with van der Waals surface area (Å²) in [7, 11) is 0. The summed E-state index contributed by atoms with van der Waals surface area (Å²) in [4.78, 5) is 9.17. The predicted molar refractivity (Wildman–Crippen MR) is 142 cm³/mol. The van der Waals surface area contributed by atoms with E-state index < -0.39 is 0 Å². The number of hydrogen-bond donors (Lipinski definition) is 0. The van der Waals surface area contributed by atoms with Crippen molar-refractivity contribution in [3.05, 3.63) is 54.4 Å². The first-order valence-electron chi connectivity index (χ1n) is 13.5. The van der Waals surface area contributed by atoms with Gasteiger partial charge in [-0.05, 0) is 74.8 Å². The van der Waals surface area contributed by atoms with Crippen LogP contribution in [0.25, 0.3) is 11.4 Å². The van der Waals surface area contributed by atoms with Gasteiger partial charge in [-0.1, -0.05) is 77.4 Å². The minimum atomic E-state index is 0.771. The lowest BCUT2D eigenvalue weighted by Crippen LogP contribution is -1.97. The molecule has 1 aromatic carbocycles. The smallest absolute Gasteiger partial charge is 0.159 e. The van der Waals surface area contributed by atoms with Crippen LogP contribution in [0.2, 0.25) is 0 Å². The average molecular weight is 451 g/mol. The normalized spacial score (nSPS) is 11.3. The van der Waals surface area contributed by atoms with Gasteiger partial charge in [-0.3, -0.25) is 0 Å². The van der Waals surface area contributed by atoms with Crippen molar-refractivity contribution >= 4 is 0 Å². The van der Waals surface area contributed by atoms with E-state index in [1.807, 2.05) is 24.5 Å². The van der Waals surface area contributed by atoms with Gasteiger partial charge in [0.15, 0.2) is 5.82 Å². The Morgan fingerprint density at radius 1 is 0.667 bits per heavy atom. The zero-order valence-corrected chi connectivity index (χ0v) is 21.2. The largest absolute Gasteiger partial charge is 0.494 e. The van der Waals surface area contributed by atoms with Gasteiger partial charge in [-0.2, -0.15) is 0 Å². The van der Waals surface area contributed by atoms with Crippen molar-refractivity contribution in [2.24, 2.45) is 0 Å². The fourth-order valence-corrected chi connectivity index (χ4v) is 3.92. The van der Waals surface area contributed by atoms with Crippen molar-refractivity contribution in [3.63, 3.8) is 0 Å². The van der Waals surface area contributed by atoms with E-state index in [0.717, 1.165) is 43.0 Å². The molecule has 0 spiro atoms. The molecule has 0 bridgehead atoms. The highest BCUT2D eigenvalue weighted by Gasteiger charge is 2.03. The monoisotopic (exact) mass is 450 g/mol. The van der Waals surface area contributed by atoms with Crippen LogP contribution in [-0.4, -0.2) is 16.6 Å². The maximum Gasteiger partial charge on any atom is 0.159 e. The molecular formula is C30H46N2O. The number of ether oxygens (including phenoxy) is 1. The first-order valence-corrected chi connectivity index (χ1v) is 13.5. The number of hydrogen-bond acceptors (Lipinski definition) is 3. The van der Waals surface area contributed by atoms with Crippen molar-refractivity contribution in [2.45, 2.75) is 110 Å². The molecule has 3 nitrogen and oxygen atoms in total. The van der Waals surface area contributed by atoms with Gasteiger partial charge in [-0.15, -0.1) is 0 Å². The molecule has 2 aromatic rings. The molecule has 0 unspecified atom stereocenters. The van der Waals surface area contributed by atoms with Gasteiger partial charge in [0.1, 0.15) is 5.75 Å². The molecule has 0 atom stereocenters. The van der Waals surface area contributed by atoms with Gasteiger partial charge < -0.3 is 4.74 Å². The number of benzene rings is 1. The maximum atomic E-state index is 5.90. The summed E-state index contributed by atoms with van der Waals surface area (Å²) >= 11 is 0. The number of allylic oxidation sites excluding steroid dienone is 2. The van der Waals surface area contributed by atoms with Crippen LogP contribution in [0.15, 0.2) is 48.8 Å². The third-order valence-corrected chi connectivity index (χ3v) is 6.06. The van der Waals surface area contributed by atoms with Crippen LogP contribution in [0.5, 0.6) is 5.75 Å². The van der Waals surface area contributed by atoms with Crippen molar-refractivity contribution in [3.8, 4) is 17.1 Å². The number of rotatable bonds is 19. The minimum Gasteiger partial charge on any atom is -0.494 e. The second kappa shape index (κ2) is 18.3. The van der Waals surface area contributed by atoms with Crippen molar-refractivity contribution in [2.75, 3.05) is 6.61 Å². The van der Waals surface area contributed by atoms with Crippen LogP contribution in [-0.2, 0) is 6.42 Å². The van der Waals surface area contributed by atoms with Crippen molar-refractivity contribution in [1.82, 2.24) is 9.97 Å². The predicted octanol–water partition coefficient (Wildman–Crippen LogP) is 9.12. The molecule has 1 heterocycles. The van der Waals surface area contributed by atoms with Crippen molar-refractivity contribution < 1.29 is 4.74 Å². The Morgan fingerprint density at radius 3 is 1.91 bits per heavy atom. The topological polar surface area (TPSA) is 35.0 Å². The van der Waals surface area contributed by atoms with Crippen LogP contribution < -0.4 is 4.74 Å². The second-order valence-electron chi connectivity index (χ2n) is 9.12. The van der Waals surface area contributed by atoms with E-state index in [4.69, 9.17) is 4.74 Å². The van der Waals surface area contributed by atoms with E-state index in [1.54, 1.807) is 0 Å². The standard InChI is InChI=1S/C30H46N2O/c1-3-5-7-9-11-12-14-16-18-24-33-29-22-20-28(21-23-29)30-31-25-27(26-32-30)19-17-15-13-10-8-6-4-2/h11-12,20-23,25-26H,3-10,13-19,24H2,1-2H3. The average Bonchev–Trinajstić information content (AvgIpc) is 2.85. The highest BCUT2D eigenvalue weighted by Crippen LogP contribution is 2.20. The SMILES string of the molecule is CCCCCC=CCCCCOc1ccc(-c2ncc(CCCCCCCCC)cn2)cc1. The fraction of sp³-hybridized carbons (Fsp3) is 0.600. The lowest BCUT2D eigenvalue weighted by molar-refractivity contribution is 0.307. The zero-order valence-electron chi connectivity index (χ0n) is 21.2. The van der Waals surface area contributed by atoms with E-state index in [1.165, 1.54) is 82.6 Å². The van der Waals surface area contributed by atoms with E-state index in [-0.39, 0.29) is 0 Å². The molecule has 0 N–H and O–H groups in total. The van der Waals surface area contributed by atoms with Gasteiger partial charge in [-0.25, -0.2) is 9.97 Å². The molecule has 1 aromatic heterocycles. The summed E-state index contributed by atoms with van der Waals surface area (Å²) in [5.41, 5.74) is 2.28. The summed E-state index contributed by atoms with van der Waals surface area (Å²) < 4.78 is 5.90.